The Bertz CT molecular complexity index is 1620. The molecule has 3 aromatic carbocycles. The highest BCUT2D eigenvalue weighted by Crippen LogP contribution is 2.34. The summed E-state index contributed by atoms with van der Waals surface area (Å²) in [7, 11) is 4.14. The summed E-state index contributed by atoms with van der Waals surface area (Å²) in [6, 6.07) is 23.3. The van der Waals surface area contributed by atoms with Crippen LogP contribution in [0.1, 0.15) is 52.0 Å². The van der Waals surface area contributed by atoms with Crippen LogP contribution in [-0.4, -0.2) is 89.4 Å². The quantitative estimate of drug-likeness (QED) is 0.114. The predicted octanol–water partition coefficient (Wildman–Crippen LogP) is 8.11. The predicted molar refractivity (Wildman–Crippen MR) is 213 cm³/mol. The summed E-state index contributed by atoms with van der Waals surface area (Å²) < 4.78 is 17.4. The molecule has 0 radical (unpaired) electrons. The molecule has 1 unspecified atom stereocenters. The Labute approximate surface area is 309 Å². The number of benzene rings is 3. The van der Waals surface area contributed by atoms with Crippen LogP contribution in [0.4, 0.5) is 11.4 Å². The molecule has 1 fully saturated rings. The number of hydrogen-bond donors (Lipinski definition) is 2. The van der Waals surface area contributed by atoms with Gasteiger partial charge in [-0.15, -0.1) is 11.8 Å². The van der Waals surface area contributed by atoms with Crippen molar-refractivity contribution in [1.29, 1.82) is 0 Å². The summed E-state index contributed by atoms with van der Waals surface area (Å²) in [5.74, 6) is 1.69. The number of morpholine rings is 1. The standard InChI is InChI=1S/C42H56N4O4S/c1-6-7-22-48-24-25-50-39-15-10-33(11-16-39)34-12-19-41-36(26-34)27-35(9-8-20-46(41)28-38-29-49-23-21-45(38)5)42(47)44-37-13-17-40(18-14-37)51-30-31(2)32(3)43-4/h10-19,26-27,38,43H,6-9,20-25,28-30H2,1-5H3,(H,44,47)/b32-31+,35-27+. The molecule has 0 aromatic heterocycles. The molecule has 2 aliphatic rings. The summed E-state index contributed by atoms with van der Waals surface area (Å²) in [5.41, 5.74) is 8.51. The first-order valence-electron chi connectivity index (χ1n) is 18.4. The van der Waals surface area contributed by atoms with E-state index in [1.165, 1.54) is 16.2 Å². The molecule has 0 spiro atoms. The van der Waals surface area contributed by atoms with Crippen molar-refractivity contribution in [2.24, 2.45) is 0 Å². The van der Waals surface area contributed by atoms with Crippen molar-refractivity contribution >= 4 is 35.1 Å². The van der Waals surface area contributed by atoms with Gasteiger partial charge in [-0.3, -0.25) is 9.69 Å². The molecule has 274 valence electrons. The van der Waals surface area contributed by atoms with E-state index in [0.717, 1.165) is 104 Å². The Balaban J connectivity index is 1.33. The third-order valence-electron chi connectivity index (χ3n) is 9.73. The van der Waals surface area contributed by atoms with Crippen LogP contribution in [0.5, 0.6) is 5.75 Å². The number of amides is 1. The summed E-state index contributed by atoms with van der Waals surface area (Å²) in [6.45, 7) is 12.5. The highest BCUT2D eigenvalue weighted by Gasteiger charge is 2.25. The molecule has 1 saturated heterocycles. The largest absolute Gasteiger partial charge is 0.491 e. The molecule has 0 bridgehead atoms. The second-order valence-corrected chi connectivity index (χ2v) is 14.5. The monoisotopic (exact) mass is 712 g/mol. The molecule has 2 aliphatic heterocycles. The third kappa shape index (κ3) is 11.4. The third-order valence-corrected chi connectivity index (χ3v) is 10.9. The van der Waals surface area contributed by atoms with Crippen molar-refractivity contribution in [3.05, 3.63) is 89.1 Å². The number of likely N-dealkylation sites (N-methyl/N-ethyl adjacent to an activating group) is 1. The van der Waals surface area contributed by atoms with Gasteiger partial charge in [-0.05, 0) is 117 Å². The fourth-order valence-electron chi connectivity index (χ4n) is 6.20. The van der Waals surface area contributed by atoms with E-state index >= 15 is 0 Å². The number of carbonyl (C=O) groups excluding carboxylic acids is 1. The maximum absolute atomic E-state index is 13.8. The van der Waals surface area contributed by atoms with Crippen LogP contribution in [0.3, 0.4) is 0 Å². The first-order chi connectivity index (χ1) is 24.8. The molecular formula is C42H56N4O4S. The van der Waals surface area contributed by atoms with Gasteiger partial charge in [0.1, 0.15) is 12.4 Å². The van der Waals surface area contributed by atoms with Crippen LogP contribution in [0, 0.1) is 0 Å². The molecule has 51 heavy (non-hydrogen) atoms. The van der Waals surface area contributed by atoms with Gasteiger partial charge < -0.3 is 29.7 Å². The molecule has 0 aliphatic carbocycles. The minimum atomic E-state index is -0.0516. The lowest BCUT2D eigenvalue weighted by Crippen LogP contribution is -2.49. The van der Waals surface area contributed by atoms with Crippen LogP contribution >= 0.6 is 11.8 Å². The second-order valence-electron chi connectivity index (χ2n) is 13.5. The van der Waals surface area contributed by atoms with Gasteiger partial charge in [-0.25, -0.2) is 0 Å². The number of unbranched alkanes of at least 4 members (excludes halogenated alkanes) is 1. The van der Waals surface area contributed by atoms with E-state index in [2.05, 4.69) is 96.8 Å². The van der Waals surface area contributed by atoms with E-state index in [1.54, 1.807) is 11.8 Å². The van der Waals surface area contributed by atoms with Crippen molar-refractivity contribution in [3.8, 4) is 16.9 Å². The van der Waals surface area contributed by atoms with E-state index in [4.69, 9.17) is 14.2 Å². The number of nitrogens with one attached hydrogen (secondary N) is 2. The number of anilines is 2. The first-order valence-corrected chi connectivity index (χ1v) is 19.4. The number of nitrogens with zero attached hydrogens (tertiary/aromatic N) is 2. The highest BCUT2D eigenvalue weighted by molar-refractivity contribution is 7.99. The number of ether oxygens (including phenoxy) is 3. The van der Waals surface area contributed by atoms with Crippen molar-refractivity contribution in [1.82, 2.24) is 10.2 Å². The molecule has 8 nitrogen and oxygen atoms in total. The molecular weight excluding hydrogens is 657 g/mol. The van der Waals surface area contributed by atoms with E-state index in [1.807, 2.05) is 31.3 Å². The van der Waals surface area contributed by atoms with E-state index in [0.29, 0.717) is 25.7 Å². The average Bonchev–Trinajstić information content (AvgIpc) is 3.14. The Morgan fingerprint density at radius 2 is 1.76 bits per heavy atom. The van der Waals surface area contributed by atoms with Crippen LogP contribution in [0.25, 0.3) is 17.2 Å². The van der Waals surface area contributed by atoms with Crippen molar-refractivity contribution in [2.45, 2.75) is 57.4 Å². The number of allylic oxidation sites excluding steroid dienone is 1. The summed E-state index contributed by atoms with van der Waals surface area (Å²) in [6.07, 6.45) is 5.88. The molecule has 1 atom stereocenters. The average molecular weight is 713 g/mol. The van der Waals surface area contributed by atoms with Crippen molar-refractivity contribution in [3.63, 3.8) is 0 Å². The highest BCUT2D eigenvalue weighted by atomic mass is 32.2. The molecule has 3 aromatic rings. The molecule has 5 rings (SSSR count). The van der Waals surface area contributed by atoms with Crippen LogP contribution in [0.15, 0.2) is 88.5 Å². The zero-order chi connectivity index (χ0) is 36.0. The van der Waals surface area contributed by atoms with Gasteiger partial charge in [-0.1, -0.05) is 31.5 Å². The Hall–Kier alpha value is -3.76. The lowest BCUT2D eigenvalue weighted by Gasteiger charge is -2.38. The smallest absolute Gasteiger partial charge is 0.251 e. The van der Waals surface area contributed by atoms with Crippen molar-refractivity contribution in [2.75, 3.05) is 82.7 Å². The van der Waals surface area contributed by atoms with E-state index in [9.17, 15) is 4.79 Å². The van der Waals surface area contributed by atoms with Crippen LogP contribution in [-0.2, 0) is 14.3 Å². The molecule has 2 heterocycles. The number of fused-ring (bicyclic) bond motifs is 1. The van der Waals surface area contributed by atoms with Gasteiger partial charge in [0.2, 0.25) is 0 Å². The number of thioether (sulfide) groups is 1. The van der Waals surface area contributed by atoms with Gasteiger partial charge in [0.05, 0.1) is 25.9 Å². The fourth-order valence-corrected chi connectivity index (χ4v) is 7.13. The Morgan fingerprint density at radius 1 is 0.980 bits per heavy atom. The lowest BCUT2D eigenvalue weighted by molar-refractivity contribution is -0.112. The number of carbonyl (C=O) groups is 1. The minimum Gasteiger partial charge on any atom is -0.491 e. The topological polar surface area (TPSA) is 75.3 Å². The van der Waals surface area contributed by atoms with Gasteiger partial charge in [0, 0.05) is 66.6 Å². The van der Waals surface area contributed by atoms with Crippen LogP contribution in [0.2, 0.25) is 0 Å². The fraction of sp³-hybridized carbons (Fsp3) is 0.452. The molecule has 0 saturated carbocycles. The van der Waals surface area contributed by atoms with Crippen molar-refractivity contribution < 1.29 is 19.0 Å². The van der Waals surface area contributed by atoms with Gasteiger partial charge in [0.15, 0.2) is 0 Å². The summed E-state index contributed by atoms with van der Waals surface area (Å²) >= 11 is 1.79. The van der Waals surface area contributed by atoms with E-state index < -0.39 is 0 Å². The minimum absolute atomic E-state index is 0.0516. The molecule has 1 amide bonds. The number of hydrogen-bond acceptors (Lipinski definition) is 8. The molecule has 2 N–H and O–H groups in total. The second kappa shape index (κ2) is 19.7. The zero-order valence-corrected chi connectivity index (χ0v) is 32.0. The summed E-state index contributed by atoms with van der Waals surface area (Å²) in [5, 5.41) is 6.40. The van der Waals surface area contributed by atoms with Crippen LogP contribution < -0.4 is 20.3 Å². The van der Waals surface area contributed by atoms with Gasteiger partial charge in [0.25, 0.3) is 5.91 Å². The lowest BCUT2D eigenvalue weighted by atomic mass is 9.96. The maximum Gasteiger partial charge on any atom is 0.251 e. The van der Waals surface area contributed by atoms with Gasteiger partial charge in [-0.2, -0.15) is 0 Å². The normalized spacial score (nSPS) is 18.1. The zero-order valence-electron chi connectivity index (χ0n) is 31.1. The Morgan fingerprint density at radius 3 is 2.51 bits per heavy atom. The summed E-state index contributed by atoms with van der Waals surface area (Å²) in [4.78, 5) is 19.8. The molecule has 9 heteroatoms. The first kappa shape index (κ1) is 38.5. The SMILES string of the molecule is CCCCOCCOc1ccc(-c2ccc3c(c2)/C=C(/C(=O)Nc2ccc(SC/C(C)=C(\C)NC)cc2)CCCN3CC2COCCN2C)cc1. The van der Waals surface area contributed by atoms with E-state index in [-0.39, 0.29) is 5.91 Å². The Kier molecular flexibility index (Phi) is 14.9. The van der Waals surface area contributed by atoms with Gasteiger partial charge >= 0.3 is 0 Å². The number of rotatable bonds is 16. The maximum atomic E-state index is 13.8.